The van der Waals surface area contributed by atoms with Crippen LogP contribution < -0.4 is 16.4 Å². The van der Waals surface area contributed by atoms with Crippen LogP contribution in [0.4, 0.5) is 22.9 Å². The monoisotopic (exact) mass is 355 g/mol. The highest BCUT2D eigenvalue weighted by Crippen LogP contribution is 2.23. The zero-order valence-electron chi connectivity index (χ0n) is 14.4. The van der Waals surface area contributed by atoms with Crippen molar-refractivity contribution in [1.29, 1.82) is 0 Å². The number of hydrogen-bond donors (Lipinski definition) is 3. The van der Waals surface area contributed by atoms with Crippen LogP contribution in [-0.4, -0.2) is 15.9 Å². The summed E-state index contributed by atoms with van der Waals surface area (Å²) < 4.78 is 0. The molecule has 0 saturated heterocycles. The van der Waals surface area contributed by atoms with Gasteiger partial charge in [-0.05, 0) is 48.5 Å². The van der Waals surface area contributed by atoms with Crippen molar-refractivity contribution in [2.24, 2.45) is 0 Å². The molecular weight excluding hydrogens is 338 g/mol. The van der Waals surface area contributed by atoms with Crippen LogP contribution in [0.5, 0.6) is 0 Å². The molecule has 1 amide bonds. The molecule has 4 rings (SSSR count). The lowest BCUT2D eigenvalue weighted by Crippen LogP contribution is -2.13. The van der Waals surface area contributed by atoms with Crippen molar-refractivity contribution >= 4 is 39.7 Å². The number of nitrogen functional groups attached to an aromatic ring is 1. The van der Waals surface area contributed by atoms with E-state index < -0.39 is 0 Å². The number of para-hydroxylation sites is 3. The van der Waals surface area contributed by atoms with Crippen molar-refractivity contribution < 1.29 is 4.79 Å². The average molecular weight is 355 g/mol. The molecule has 4 N–H and O–H groups in total. The second kappa shape index (κ2) is 7.13. The van der Waals surface area contributed by atoms with Crippen molar-refractivity contribution in [3.05, 3.63) is 84.7 Å². The van der Waals surface area contributed by atoms with E-state index in [0.717, 1.165) is 22.4 Å². The van der Waals surface area contributed by atoms with E-state index in [9.17, 15) is 4.79 Å². The second-order valence-corrected chi connectivity index (χ2v) is 5.98. The van der Waals surface area contributed by atoms with E-state index in [4.69, 9.17) is 5.73 Å². The Hall–Kier alpha value is -3.93. The maximum atomic E-state index is 12.4. The van der Waals surface area contributed by atoms with Crippen LogP contribution in [0.1, 0.15) is 10.4 Å². The van der Waals surface area contributed by atoms with Crippen LogP contribution in [0.15, 0.2) is 79.1 Å². The fourth-order valence-corrected chi connectivity index (χ4v) is 2.75. The molecule has 0 saturated carbocycles. The van der Waals surface area contributed by atoms with Gasteiger partial charge in [0.1, 0.15) is 12.1 Å². The van der Waals surface area contributed by atoms with E-state index in [1.807, 2.05) is 48.5 Å². The number of hydrogen-bond acceptors (Lipinski definition) is 5. The lowest BCUT2D eigenvalue weighted by Gasteiger charge is -2.10. The molecular formula is C21H17N5O. The van der Waals surface area contributed by atoms with Crippen LogP contribution >= 0.6 is 0 Å². The van der Waals surface area contributed by atoms with Crippen LogP contribution in [0.25, 0.3) is 10.9 Å². The number of nitrogens with two attached hydrogens (primary N) is 1. The lowest BCUT2D eigenvalue weighted by atomic mass is 10.1. The average Bonchev–Trinajstić information content (AvgIpc) is 2.70. The molecule has 6 nitrogen and oxygen atoms in total. The minimum Gasteiger partial charge on any atom is -0.397 e. The number of anilines is 4. The van der Waals surface area contributed by atoms with Gasteiger partial charge in [0.2, 0.25) is 0 Å². The molecule has 0 fully saturated rings. The molecule has 132 valence electrons. The third-order valence-electron chi connectivity index (χ3n) is 4.16. The fourth-order valence-electron chi connectivity index (χ4n) is 2.75. The Morgan fingerprint density at radius 3 is 2.41 bits per heavy atom. The fraction of sp³-hybridized carbons (Fsp3) is 0. The molecule has 0 radical (unpaired) electrons. The van der Waals surface area contributed by atoms with E-state index in [-0.39, 0.29) is 5.91 Å². The molecule has 0 atom stereocenters. The highest BCUT2D eigenvalue weighted by molar-refractivity contribution is 6.06. The Bertz CT molecular complexity index is 1100. The number of aromatic nitrogens is 2. The molecule has 0 aliphatic rings. The Kier molecular flexibility index (Phi) is 4.37. The molecule has 0 bridgehead atoms. The van der Waals surface area contributed by atoms with Crippen molar-refractivity contribution in [2.75, 3.05) is 16.4 Å². The van der Waals surface area contributed by atoms with Gasteiger partial charge in [0.25, 0.3) is 5.91 Å². The maximum Gasteiger partial charge on any atom is 0.255 e. The highest BCUT2D eigenvalue weighted by Gasteiger charge is 2.08. The molecule has 1 heterocycles. The van der Waals surface area contributed by atoms with Gasteiger partial charge in [-0.25, -0.2) is 9.97 Å². The zero-order valence-corrected chi connectivity index (χ0v) is 14.4. The van der Waals surface area contributed by atoms with Gasteiger partial charge in [0, 0.05) is 16.6 Å². The summed E-state index contributed by atoms with van der Waals surface area (Å²) in [5, 5.41) is 7.02. The Labute approximate surface area is 156 Å². The van der Waals surface area contributed by atoms with Gasteiger partial charge in [0.15, 0.2) is 0 Å². The quantitative estimate of drug-likeness (QED) is 0.477. The van der Waals surface area contributed by atoms with Gasteiger partial charge in [0.05, 0.1) is 16.9 Å². The SMILES string of the molecule is Nc1ccccc1NC(=O)c1ccc(Nc2ncnc3ccccc23)cc1. The first-order chi connectivity index (χ1) is 13.2. The van der Waals surface area contributed by atoms with Crippen molar-refractivity contribution in [3.8, 4) is 0 Å². The predicted octanol–water partition coefficient (Wildman–Crippen LogP) is 4.21. The van der Waals surface area contributed by atoms with Gasteiger partial charge in [-0.15, -0.1) is 0 Å². The number of carbonyl (C=O) groups excluding carboxylic acids is 1. The normalized spacial score (nSPS) is 10.5. The summed E-state index contributed by atoms with van der Waals surface area (Å²) in [7, 11) is 0. The van der Waals surface area contributed by atoms with E-state index in [1.165, 1.54) is 6.33 Å². The van der Waals surface area contributed by atoms with Gasteiger partial charge < -0.3 is 16.4 Å². The number of rotatable bonds is 4. The summed E-state index contributed by atoms with van der Waals surface area (Å²) in [4.78, 5) is 21.0. The number of nitrogens with one attached hydrogen (secondary N) is 2. The van der Waals surface area contributed by atoms with Crippen molar-refractivity contribution in [2.45, 2.75) is 0 Å². The van der Waals surface area contributed by atoms with Crippen LogP contribution in [0.3, 0.4) is 0 Å². The molecule has 6 heteroatoms. The summed E-state index contributed by atoms with van der Waals surface area (Å²) in [6, 6.07) is 22.1. The smallest absolute Gasteiger partial charge is 0.255 e. The minimum absolute atomic E-state index is 0.216. The highest BCUT2D eigenvalue weighted by atomic mass is 16.1. The van der Waals surface area contributed by atoms with Crippen LogP contribution in [0.2, 0.25) is 0 Å². The molecule has 1 aromatic heterocycles. The first kappa shape index (κ1) is 16.5. The van der Waals surface area contributed by atoms with Crippen LogP contribution in [0, 0.1) is 0 Å². The first-order valence-electron chi connectivity index (χ1n) is 8.43. The number of carbonyl (C=O) groups is 1. The Morgan fingerprint density at radius 1 is 0.852 bits per heavy atom. The predicted molar refractivity (Wildman–Crippen MR) is 108 cm³/mol. The molecule has 0 spiro atoms. The van der Waals surface area contributed by atoms with Gasteiger partial charge in [-0.2, -0.15) is 0 Å². The van der Waals surface area contributed by atoms with E-state index in [1.54, 1.807) is 24.3 Å². The maximum absolute atomic E-state index is 12.4. The van der Waals surface area contributed by atoms with Crippen molar-refractivity contribution in [3.63, 3.8) is 0 Å². The Balaban J connectivity index is 1.52. The number of amides is 1. The summed E-state index contributed by atoms with van der Waals surface area (Å²) in [6.07, 6.45) is 1.52. The Morgan fingerprint density at radius 2 is 1.59 bits per heavy atom. The summed E-state index contributed by atoms with van der Waals surface area (Å²) in [5.74, 6) is 0.502. The molecule has 0 aliphatic heterocycles. The molecule has 3 aromatic carbocycles. The second-order valence-electron chi connectivity index (χ2n) is 5.98. The standard InChI is InChI=1S/C21H17N5O/c22-17-6-2-4-8-19(17)26-21(27)14-9-11-15(12-10-14)25-20-16-5-1-3-7-18(16)23-13-24-20/h1-13H,22H2,(H,26,27)(H,23,24,25). The molecule has 0 aliphatic carbocycles. The number of benzene rings is 3. The van der Waals surface area contributed by atoms with Crippen LogP contribution in [-0.2, 0) is 0 Å². The van der Waals surface area contributed by atoms with Gasteiger partial charge >= 0.3 is 0 Å². The zero-order chi connectivity index (χ0) is 18.6. The third-order valence-corrected chi connectivity index (χ3v) is 4.16. The number of fused-ring (bicyclic) bond motifs is 1. The van der Waals surface area contributed by atoms with E-state index in [0.29, 0.717) is 16.9 Å². The summed E-state index contributed by atoms with van der Waals surface area (Å²) in [6.45, 7) is 0. The first-order valence-corrected chi connectivity index (χ1v) is 8.43. The number of nitrogens with zero attached hydrogens (tertiary/aromatic N) is 2. The topological polar surface area (TPSA) is 92.9 Å². The summed E-state index contributed by atoms with van der Waals surface area (Å²) in [5.41, 5.74) is 9.22. The van der Waals surface area contributed by atoms with E-state index in [2.05, 4.69) is 20.6 Å². The third kappa shape index (κ3) is 3.55. The molecule has 0 unspecified atom stereocenters. The van der Waals surface area contributed by atoms with E-state index >= 15 is 0 Å². The molecule has 4 aromatic rings. The minimum atomic E-state index is -0.216. The summed E-state index contributed by atoms with van der Waals surface area (Å²) >= 11 is 0. The molecule has 27 heavy (non-hydrogen) atoms. The van der Waals surface area contributed by atoms with Gasteiger partial charge in [-0.3, -0.25) is 4.79 Å². The van der Waals surface area contributed by atoms with Gasteiger partial charge in [-0.1, -0.05) is 24.3 Å². The largest absolute Gasteiger partial charge is 0.397 e. The van der Waals surface area contributed by atoms with Crippen molar-refractivity contribution in [1.82, 2.24) is 9.97 Å². The lowest BCUT2D eigenvalue weighted by molar-refractivity contribution is 0.102.